The van der Waals surface area contributed by atoms with Crippen molar-refractivity contribution in [3.63, 3.8) is 0 Å². The highest BCUT2D eigenvalue weighted by Crippen LogP contribution is 2.38. The standard InChI is InChI=1S/C29H28F3N7O2/c30-29(31,32)20-10-11-34-22(15-20)37-28(41)18-6-4-16(5-7-18)23-24-25(33)35-12-13-39(24)26(38-23)19-2-1-3-21(14-19)36-27(40)17-8-9-17/h4-7,10-13,15,17,19,21H,1-3,8-9,14H2,(H2,33,35)(H,36,40)(H,34,37,41). The molecule has 6 rings (SSSR count). The van der Waals surface area contributed by atoms with Gasteiger partial charge in [0.15, 0.2) is 0 Å². The van der Waals surface area contributed by atoms with Gasteiger partial charge in [0.2, 0.25) is 5.91 Å². The number of nitrogens with two attached hydrogens (primary N) is 1. The fourth-order valence-electron chi connectivity index (χ4n) is 5.44. The molecule has 4 N–H and O–H groups in total. The van der Waals surface area contributed by atoms with Gasteiger partial charge in [-0.3, -0.25) is 14.0 Å². The number of rotatable bonds is 6. The zero-order valence-corrected chi connectivity index (χ0v) is 22.0. The lowest BCUT2D eigenvalue weighted by Crippen LogP contribution is -2.39. The van der Waals surface area contributed by atoms with Gasteiger partial charge in [0.1, 0.15) is 28.7 Å². The molecule has 12 heteroatoms. The Balaban J connectivity index is 1.24. The summed E-state index contributed by atoms with van der Waals surface area (Å²) in [7, 11) is 0. The van der Waals surface area contributed by atoms with Crippen LogP contribution < -0.4 is 16.4 Å². The molecular weight excluding hydrogens is 535 g/mol. The van der Waals surface area contributed by atoms with E-state index in [0.717, 1.165) is 62.7 Å². The van der Waals surface area contributed by atoms with Gasteiger partial charge in [-0.2, -0.15) is 13.2 Å². The van der Waals surface area contributed by atoms with Crippen LogP contribution in [0.4, 0.5) is 24.8 Å². The van der Waals surface area contributed by atoms with Gasteiger partial charge in [-0.1, -0.05) is 18.6 Å². The van der Waals surface area contributed by atoms with E-state index in [-0.39, 0.29) is 35.2 Å². The minimum atomic E-state index is -4.55. The van der Waals surface area contributed by atoms with Gasteiger partial charge in [-0.05, 0) is 56.4 Å². The van der Waals surface area contributed by atoms with Crippen molar-refractivity contribution in [2.45, 2.75) is 56.7 Å². The molecular formula is C29H28F3N7O2. The molecule has 0 radical (unpaired) electrons. The molecule has 0 spiro atoms. The maximum absolute atomic E-state index is 13.0. The van der Waals surface area contributed by atoms with Crippen LogP contribution in [-0.4, -0.2) is 37.2 Å². The van der Waals surface area contributed by atoms with Crippen LogP contribution >= 0.6 is 0 Å². The van der Waals surface area contributed by atoms with Gasteiger partial charge in [0, 0.05) is 47.6 Å². The number of hydrogen-bond donors (Lipinski definition) is 3. The summed E-state index contributed by atoms with van der Waals surface area (Å²) in [5, 5.41) is 5.63. The SMILES string of the molecule is Nc1nccn2c(C3CCCC(NC(=O)C4CC4)C3)nc(-c3ccc(C(=O)Nc4cc(C(F)(F)F)ccn4)cc3)c12. The van der Waals surface area contributed by atoms with Crippen molar-refractivity contribution < 1.29 is 22.8 Å². The first kappa shape index (κ1) is 26.7. The number of hydrogen-bond acceptors (Lipinski definition) is 6. The molecule has 0 aliphatic heterocycles. The predicted molar refractivity (Wildman–Crippen MR) is 146 cm³/mol. The molecule has 2 atom stereocenters. The summed E-state index contributed by atoms with van der Waals surface area (Å²) in [6.45, 7) is 0. The highest BCUT2D eigenvalue weighted by atomic mass is 19.4. The topological polar surface area (TPSA) is 127 Å². The van der Waals surface area contributed by atoms with Gasteiger partial charge in [-0.15, -0.1) is 0 Å². The van der Waals surface area contributed by atoms with Gasteiger partial charge in [-0.25, -0.2) is 15.0 Å². The first-order valence-corrected chi connectivity index (χ1v) is 13.5. The number of nitrogens with zero attached hydrogens (tertiary/aromatic N) is 4. The maximum atomic E-state index is 13.0. The molecule has 4 aromatic rings. The molecule has 0 saturated heterocycles. The van der Waals surface area contributed by atoms with Crippen LogP contribution in [-0.2, 0) is 11.0 Å². The van der Waals surface area contributed by atoms with Gasteiger partial charge in [0.05, 0.1) is 5.56 Å². The highest BCUT2D eigenvalue weighted by Gasteiger charge is 2.34. The molecule has 2 aliphatic carbocycles. The normalized spacial score (nSPS) is 19.2. The first-order chi connectivity index (χ1) is 19.7. The van der Waals surface area contributed by atoms with E-state index in [9.17, 15) is 22.8 Å². The fraction of sp³-hybridized carbons (Fsp3) is 0.345. The summed E-state index contributed by atoms with van der Waals surface area (Å²) in [5.41, 5.74) is 7.60. The molecule has 2 unspecified atom stereocenters. The third-order valence-corrected chi connectivity index (χ3v) is 7.69. The molecule has 3 aromatic heterocycles. The van der Waals surface area contributed by atoms with Crippen molar-refractivity contribution in [3.8, 4) is 11.3 Å². The number of amides is 2. The minimum Gasteiger partial charge on any atom is -0.382 e. The van der Waals surface area contributed by atoms with Gasteiger partial charge in [0.25, 0.3) is 5.91 Å². The van der Waals surface area contributed by atoms with Crippen LogP contribution in [0.2, 0.25) is 0 Å². The molecule has 9 nitrogen and oxygen atoms in total. The lowest BCUT2D eigenvalue weighted by Gasteiger charge is -2.29. The zero-order chi connectivity index (χ0) is 28.7. The molecule has 2 saturated carbocycles. The summed E-state index contributed by atoms with van der Waals surface area (Å²) in [6, 6.07) is 8.29. The summed E-state index contributed by atoms with van der Waals surface area (Å²) in [6.07, 6.45) is 5.45. The molecule has 2 aliphatic rings. The van der Waals surface area contributed by atoms with Gasteiger partial charge < -0.3 is 16.4 Å². The predicted octanol–water partition coefficient (Wildman–Crippen LogP) is 5.20. The van der Waals surface area contributed by atoms with E-state index in [1.165, 1.54) is 0 Å². The van der Waals surface area contributed by atoms with E-state index in [4.69, 9.17) is 10.7 Å². The Kier molecular flexibility index (Phi) is 6.84. The zero-order valence-electron chi connectivity index (χ0n) is 22.0. The number of carbonyl (C=O) groups excluding carboxylic acids is 2. The highest BCUT2D eigenvalue weighted by molar-refractivity contribution is 6.04. The fourth-order valence-corrected chi connectivity index (χ4v) is 5.44. The molecule has 2 fully saturated rings. The molecule has 2 amide bonds. The Morgan fingerprint density at radius 2 is 1.78 bits per heavy atom. The lowest BCUT2D eigenvalue weighted by atomic mass is 9.85. The smallest absolute Gasteiger partial charge is 0.382 e. The Morgan fingerprint density at radius 3 is 2.51 bits per heavy atom. The maximum Gasteiger partial charge on any atom is 0.416 e. The van der Waals surface area contributed by atoms with Crippen molar-refractivity contribution >= 4 is 29.0 Å². The number of alkyl halides is 3. The molecule has 212 valence electrons. The third-order valence-electron chi connectivity index (χ3n) is 7.69. The number of halogens is 3. The number of fused-ring (bicyclic) bond motifs is 1. The Hall–Kier alpha value is -4.48. The minimum absolute atomic E-state index is 0.0981. The molecule has 0 bridgehead atoms. The Bertz CT molecular complexity index is 1610. The Morgan fingerprint density at radius 1 is 1.00 bits per heavy atom. The number of imidazole rings is 1. The van der Waals surface area contributed by atoms with E-state index in [0.29, 0.717) is 22.6 Å². The van der Waals surface area contributed by atoms with Crippen LogP contribution in [0.15, 0.2) is 55.0 Å². The number of pyridine rings is 1. The molecule has 41 heavy (non-hydrogen) atoms. The van der Waals surface area contributed by atoms with Crippen LogP contribution in [0.1, 0.15) is 66.2 Å². The summed E-state index contributed by atoms with van der Waals surface area (Å²) >= 11 is 0. The Labute approximate surface area is 233 Å². The molecule has 3 heterocycles. The lowest BCUT2D eigenvalue weighted by molar-refractivity contribution is -0.137. The van der Waals surface area contributed by atoms with E-state index in [1.807, 2.05) is 10.6 Å². The second-order valence-electron chi connectivity index (χ2n) is 10.7. The third kappa shape index (κ3) is 5.59. The van der Waals surface area contributed by atoms with Crippen molar-refractivity contribution in [1.82, 2.24) is 24.7 Å². The summed E-state index contributed by atoms with van der Waals surface area (Å²) in [5.74, 6) is 0.775. The number of nitrogen functional groups attached to an aromatic ring is 1. The largest absolute Gasteiger partial charge is 0.416 e. The number of anilines is 2. The summed E-state index contributed by atoms with van der Waals surface area (Å²) < 4.78 is 41.0. The van der Waals surface area contributed by atoms with Crippen LogP contribution in [0.5, 0.6) is 0 Å². The monoisotopic (exact) mass is 563 g/mol. The number of benzene rings is 1. The van der Waals surface area contributed by atoms with E-state index < -0.39 is 17.6 Å². The van der Waals surface area contributed by atoms with E-state index in [1.54, 1.807) is 30.5 Å². The van der Waals surface area contributed by atoms with Crippen molar-refractivity contribution in [2.24, 2.45) is 5.92 Å². The van der Waals surface area contributed by atoms with Gasteiger partial charge >= 0.3 is 6.18 Å². The van der Waals surface area contributed by atoms with E-state index >= 15 is 0 Å². The second-order valence-corrected chi connectivity index (χ2v) is 10.7. The average Bonchev–Trinajstić information content (AvgIpc) is 3.74. The van der Waals surface area contributed by atoms with Crippen LogP contribution in [0.3, 0.4) is 0 Å². The van der Waals surface area contributed by atoms with Crippen LogP contribution in [0, 0.1) is 5.92 Å². The number of aromatic nitrogens is 4. The van der Waals surface area contributed by atoms with Crippen molar-refractivity contribution in [3.05, 3.63) is 71.9 Å². The quantitative estimate of drug-likeness (QED) is 0.296. The number of carbonyl (C=O) groups is 2. The van der Waals surface area contributed by atoms with Crippen LogP contribution in [0.25, 0.3) is 16.8 Å². The molecule has 1 aromatic carbocycles. The summed E-state index contributed by atoms with van der Waals surface area (Å²) in [4.78, 5) is 38.2. The number of nitrogens with one attached hydrogen (secondary N) is 2. The second kappa shape index (κ2) is 10.5. The van der Waals surface area contributed by atoms with Crippen molar-refractivity contribution in [1.29, 1.82) is 0 Å². The first-order valence-electron chi connectivity index (χ1n) is 13.5. The van der Waals surface area contributed by atoms with Crippen molar-refractivity contribution in [2.75, 3.05) is 11.1 Å². The average molecular weight is 564 g/mol. The van der Waals surface area contributed by atoms with E-state index in [2.05, 4.69) is 20.6 Å².